The number of allylic oxidation sites excluding steroid dienone is 3. The topological polar surface area (TPSA) is 6.48 Å². The van der Waals surface area contributed by atoms with Crippen molar-refractivity contribution in [2.75, 3.05) is 9.80 Å². The molecular weight excluding hydrogens is 749 g/mol. The van der Waals surface area contributed by atoms with Gasteiger partial charge in [0, 0.05) is 44.6 Å². The van der Waals surface area contributed by atoms with E-state index in [1.807, 2.05) is 0 Å². The summed E-state index contributed by atoms with van der Waals surface area (Å²) in [5.74, 6) is 0.241. The molecule has 2 nitrogen and oxygen atoms in total. The van der Waals surface area contributed by atoms with E-state index in [-0.39, 0.29) is 27.6 Å². The van der Waals surface area contributed by atoms with Gasteiger partial charge in [-0.05, 0) is 127 Å². The summed E-state index contributed by atoms with van der Waals surface area (Å²) in [6.45, 7) is 19.6. The van der Waals surface area contributed by atoms with Crippen molar-refractivity contribution in [3.63, 3.8) is 0 Å². The predicted octanol–water partition coefficient (Wildman–Crippen LogP) is 15.9. The maximum absolute atomic E-state index is 2.72. The third kappa shape index (κ3) is 4.93. The van der Waals surface area contributed by atoms with Gasteiger partial charge < -0.3 is 9.80 Å². The van der Waals surface area contributed by atoms with Crippen molar-refractivity contribution in [1.82, 2.24) is 0 Å². The third-order valence-electron chi connectivity index (χ3n) is 15.8. The molecule has 0 radical (unpaired) electrons. The van der Waals surface area contributed by atoms with Crippen LogP contribution >= 0.6 is 0 Å². The van der Waals surface area contributed by atoms with Gasteiger partial charge in [-0.25, -0.2) is 0 Å². The zero-order valence-corrected chi connectivity index (χ0v) is 37.3. The molecular formula is C60H54N2. The van der Waals surface area contributed by atoms with Crippen LogP contribution in [0.15, 0.2) is 181 Å². The molecule has 0 spiro atoms. The van der Waals surface area contributed by atoms with Crippen LogP contribution in [0.5, 0.6) is 0 Å². The van der Waals surface area contributed by atoms with Gasteiger partial charge >= 0.3 is 0 Å². The average molecular weight is 803 g/mol. The second kappa shape index (κ2) is 12.6. The van der Waals surface area contributed by atoms with Crippen LogP contribution in [0.3, 0.4) is 0 Å². The van der Waals surface area contributed by atoms with Gasteiger partial charge in [0.05, 0.1) is 17.1 Å². The van der Waals surface area contributed by atoms with Crippen molar-refractivity contribution >= 4 is 28.4 Å². The SMILES string of the molecule is CC1(C)C2=CC(c3ccc(N(c4ccccc4)c4ccc5c(c4)C(C)(C)c4ccccc4-5)cc3)CC3=C2N2c4c1cc(-c1ccccc1)cc4C(C)(C)c1cccc(c12)C3(C)C. The minimum atomic E-state index is -0.217. The molecule has 7 aromatic rings. The van der Waals surface area contributed by atoms with Gasteiger partial charge in [0.2, 0.25) is 0 Å². The normalized spacial score (nSPS) is 19.6. The highest BCUT2D eigenvalue weighted by molar-refractivity contribution is 5.95. The number of nitrogens with zero attached hydrogens (tertiary/aromatic N) is 2. The Morgan fingerprint density at radius 2 is 0.984 bits per heavy atom. The Kier molecular flexibility index (Phi) is 7.60. The highest BCUT2D eigenvalue weighted by Gasteiger charge is 2.54. The molecule has 2 heteroatoms. The molecule has 3 aliphatic heterocycles. The largest absolute Gasteiger partial charge is 0.310 e. The van der Waals surface area contributed by atoms with Gasteiger partial charge in [-0.15, -0.1) is 0 Å². The van der Waals surface area contributed by atoms with E-state index in [4.69, 9.17) is 0 Å². The van der Waals surface area contributed by atoms with Gasteiger partial charge in [0.1, 0.15) is 0 Å². The number of para-hydroxylation sites is 2. The van der Waals surface area contributed by atoms with Crippen molar-refractivity contribution in [3.8, 4) is 22.3 Å². The number of benzene rings is 7. The Morgan fingerprint density at radius 3 is 1.71 bits per heavy atom. The molecule has 0 N–H and O–H groups in total. The van der Waals surface area contributed by atoms with E-state index in [1.54, 1.807) is 5.57 Å². The van der Waals surface area contributed by atoms with E-state index in [1.165, 1.54) is 95.2 Å². The second-order valence-electron chi connectivity index (χ2n) is 20.6. The molecule has 0 saturated heterocycles. The quantitative estimate of drug-likeness (QED) is 0.171. The minimum absolute atomic E-state index is 0.0757. The van der Waals surface area contributed by atoms with Crippen LogP contribution in [-0.4, -0.2) is 0 Å². The van der Waals surface area contributed by atoms with Crippen LogP contribution < -0.4 is 9.80 Å². The summed E-state index contributed by atoms with van der Waals surface area (Å²) in [7, 11) is 0. The molecule has 7 aromatic carbocycles. The van der Waals surface area contributed by atoms with Gasteiger partial charge in [-0.3, -0.25) is 0 Å². The molecule has 1 unspecified atom stereocenters. The molecule has 0 saturated carbocycles. The van der Waals surface area contributed by atoms with E-state index < -0.39 is 0 Å². The Bertz CT molecular complexity index is 3080. The Morgan fingerprint density at radius 1 is 0.435 bits per heavy atom. The Labute approximate surface area is 367 Å². The number of hydrogen-bond acceptors (Lipinski definition) is 2. The zero-order valence-electron chi connectivity index (χ0n) is 37.3. The number of anilines is 5. The van der Waals surface area contributed by atoms with E-state index in [0.717, 1.165) is 12.1 Å². The lowest BCUT2D eigenvalue weighted by Crippen LogP contribution is -2.48. The molecule has 304 valence electrons. The second-order valence-corrected chi connectivity index (χ2v) is 20.6. The summed E-state index contributed by atoms with van der Waals surface area (Å²) in [5, 5.41) is 0. The molecule has 1 atom stereocenters. The fraction of sp³-hybridized carbons (Fsp3) is 0.233. The van der Waals surface area contributed by atoms with Crippen LogP contribution in [0.1, 0.15) is 107 Å². The van der Waals surface area contributed by atoms with Crippen LogP contribution in [0.25, 0.3) is 22.3 Å². The van der Waals surface area contributed by atoms with Crippen molar-refractivity contribution in [1.29, 1.82) is 0 Å². The van der Waals surface area contributed by atoms with Crippen molar-refractivity contribution in [2.24, 2.45) is 0 Å². The Balaban J connectivity index is 0.995. The summed E-state index contributed by atoms with van der Waals surface area (Å²) < 4.78 is 0. The maximum atomic E-state index is 2.72. The molecule has 0 aromatic heterocycles. The Hall–Kier alpha value is -6.38. The van der Waals surface area contributed by atoms with Crippen molar-refractivity contribution in [3.05, 3.63) is 220 Å². The van der Waals surface area contributed by atoms with Crippen LogP contribution in [-0.2, 0) is 21.7 Å². The first kappa shape index (κ1) is 37.4. The summed E-state index contributed by atoms with van der Waals surface area (Å²) >= 11 is 0. The highest BCUT2D eigenvalue weighted by atomic mass is 15.2. The van der Waals surface area contributed by atoms with Crippen LogP contribution in [0.2, 0.25) is 0 Å². The monoisotopic (exact) mass is 802 g/mol. The number of fused-ring (bicyclic) bond motifs is 3. The van der Waals surface area contributed by atoms with Crippen molar-refractivity contribution in [2.45, 2.75) is 89.4 Å². The lowest BCUT2D eigenvalue weighted by atomic mass is 9.57. The number of rotatable bonds is 5. The van der Waals surface area contributed by atoms with Gasteiger partial charge in [0.15, 0.2) is 0 Å². The average Bonchev–Trinajstić information content (AvgIpc) is 3.51. The number of hydrogen-bond donors (Lipinski definition) is 0. The third-order valence-corrected chi connectivity index (χ3v) is 15.8. The van der Waals surface area contributed by atoms with Crippen LogP contribution in [0, 0.1) is 0 Å². The van der Waals surface area contributed by atoms with E-state index in [0.29, 0.717) is 0 Å². The molecule has 62 heavy (non-hydrogen) atoms. The van der Waals surface area contributed by atoms with E-state index >= 15 is 0 Å². The van der Waals surface area contributed by atoms with Crippen molar-refractivity contribution < 1.29 is 0 Å². The fourth-order valence-corrected chi connectivity index (χ4v) is 12.3. The minimum Gasteiger partial charge on any atom is -0.310 e. The molecule has 0 amide bonds. The first-order valence-corrected chi connectivity index (χ1v) is 22.6. The first-order valence-electron chi connectivity index (χ1n) is 22.6. The molecule has 2 aliphatic carbocycles. The maximum Gasteiger partial charge on any atom is 0.0544 e. The highest BCUT2D eigenvalue weighted by Crippen LogP contribution is 2.67. The van der Waals surface area contributed by atoms with Gasteiger partial charge in [-0.2, -0.15) is 0 Å². The summed E-state index contributed by atoms with van der Waals surface area (Å²) in [6.07, 6.45) is 3.64. The fourth-order valence-electron chi connectivity index (χ4n) is 12.3. The molecule has 12 rings (SSSR count). The zero-order chi connectivity index (χ0) is 42.5. The lowest BCUT2D eigenvalue weighted by molar-refractivity contribution is 0.505. The molecule has 3 heterocycles. The van der Waals surface area contributed by atoms with Crippen LogP contribution in [0.4, 0.5) is 28.4 Å². The molecule has 0 bridgehead atoms. The summed E-state index contributed by atoms with van der Waals surface area (Å²) in [5.41, 5.74) is 25.3. The first-order chi connectivity index (χ1) is 29.8. The lowest BCUT2D eigenvalue weighted by Gasteiger charge is -2.57. The molecule has 5 aliphatic rings. The van der Waals surface area contributed by atoms with Gasteiger partial charge in [-0.1, -0.05) is 171 Å². The van der Waals surface area contributed by atoms with E-state index in [9.17, 15) is 0 Å². The smallest absolute Gasteiger partial charge is 0.0544 e. The van der Waals surface area contributed by atoms with Gasteiger partial charge in [0.25, 0.3) is 0 Å². The summed E-state index contributed by atoms with van der Waals surface area (Å²) in [4.78, 5) is 5.16. The standard InChI is InChI=1S/C60H54N2/c1-57(2)46-23-16-15-22-44(46)45-31-30-43(36-49(45)57)61(41-20-13-10-14-21-41)42-28-26-38(27-29-42)40-34-51-56-53(35-40)60(7,8)52-33-39(37-18-11-9-12-19-37)32-50-55(52)62(56)54-47(58(50,3)4)24-17-25-48(54)59(51,5)6/h9-33,35-36,40H,34H2,1-8H3. The predicted molar refractivity (Wildman–Crippen MR) is 260 cm³/mol. The summed E-state index contributed by atoms with van der Waals surface area (Å²) in [6, 6.07) is 59.6. The van der Waals surface area contributed by atoms with E-state index in [2.05, 4.69) is 229 Å². The molecule has 0 fully saturated rings.